The SMILES string of the molecule is CSC1CCC(Nc2nc(NN)ncc2F)C1. The number of nitrogens with zero attached hydrogens (tertiary/aromatic N) is 2. The molecule has 5 nitrogen and oxygen atoms in total. The molecule has 1 saturated carbocycles. The van der Waals surface area contributed by atoms with Crippen molar-refractivity contribution in [2.24, 2.45) is 5.84 Å². The highest BCUT2D eigenvalue weighted by atomic mass is 32.2. The summed E-state index contributed by atoms with van der Waals surface area (Å²) in [5.74, 6) is 5.18. The molecule has 17 heavy (non-hydrogen) atoms. The Morgan fingerprint density at radius 1 is 1.53 bits per heavy atom. The molecule has 0 bridgehead atoms. The number of nitrogens with two attached hydrogens (primary N) is 1. The van der Waals surface area contributed by atoms with Crippen molar-refractivity contribution in [3.8, 4) is 0 Å². The Labute approximate surface area is 104 Å². The highest BCUT2D eigenvalue weighted by molar-refractivity contribution is 7.99. The van der Waals surface area contributed by atoms with Crippen molar-refractivity contribution in [2.75, 3.05) is 17.0 Å². The largest absolute Gasteiger partial charge is 0.365 e. The second-order valence-electron chi connectivity index (χ2n) is 4.05. The van der Waals surface area contributed by atoms with Crippen LogP contribution in [0.5, 0.6) is 0 Å². The molecule has 94 valence electrons. The minimum atomic E-state index is -0.448. The van der Waals surface area contributed by atoms with Crippen molar-refractivity contribution in [1.29, 1.82) is 0 Å². The lowest BCUT2D eigenvalue weighted by atomic mass is 10.2. The number of nitrogens with one attached hydrogen (secondary N) is 2. The summed E-state index contributed by atoms with van der Waals surface area (Å²) in [6, 6.07) is 0.280. The van der Waals surface area contributed by atoms with E-state index in [4.69, 9.17) is 5.84 Å². The van der Waals surface area contributed by atoms with E-state index >= 15 is 0 Å². The minimum Gasteiger partial charge on any atom is -0.365 e. The zero-order valence-electron chi connectivity index (χ0n) is 9.61. The molecule has 1 aliphatic carbocycles. The topological polar surface area (TPSA) is 75.9 Å². The Morgan fingerprint density at radius 3 is 3.00 bits per heavy atom. The van der Waals surface area contributed by atoms with E-state index in [1.54, 1.807) is 0 Å². The van der Waals surface area contributed by atoms with Gasteiger partial charge in [0.2, 0.25) is 5.95 Å². The lowest BCUT2D eigenvalue weighted by molar-refractivity contribution is 0.610. The number of anilines is 2. The van der Waals surface area contributed by atoms with Crippen LogP contribution in [0.3, 0.4) is 0 Å². The zero-order chi connectivity index (χ0) is 12.3. The Balaban J connectivity index is 2.03. The van der Waals surface area contributed by atoms with Gasteiger partial charge in [-0.05, 0) is 25.5 Å². The summed E-state index contributed by atoms with van der Waals surface area (Å²) in [5.41, 5.74) is 2.31. The van der Waals surface area contributed by atoms with Gasteiger partial charge in [0.1, 0.15) is 0 Å². The van der Waals surface area contributed by atoms with E-state index in [1.165, 1.54) is 0 Å². The van der Waals surface area contributed by atoms with E-state index in [1.807, 2.05) is 11.8 Å². The summed E-state index contributed by atoms with van der Waals surface area (Å²) in [4.78, 5) is 7.66. The Kier molecular flexibility index (Phi) is 4.01. The Morgan fingerprint density at radius 2 is 2.35 bits per heavy atom. The third-order valence-corrected chi connectivity index (χ3v) is 4.03. The maximum Gasteiger partial charge on any atom is 0.239 e. The molecule has 2 atom stereocenters. The van der Waals surface area contributed by atoms with Crippen molar-refractivity contribution in [2.45, 2.75) is 30.6 Å². The fourth-order valence-electron chi connectivity index (χ4n) is 2.02. The second kappa shape index (κ2) is 5.50. The van der Waals surface area contributed by atoms with Gasteiger partial charge < -0.3 is 5.32 Å². The van der Waals surface area contributed by atoms with Gasteiger partial charge >= 0.3 is 0 Å². The monoisotopic (exact) mass is 257 g/mol. The number of nitrogen functional groups attached to an aromatic ring is 1. The third-order valence-electron chi connectivity index (χ3n) is 2.93. The first kappa shape index (κ1) is 12.4. The maximum atomic E-state index is 13.5. The first-order valence-electron chi connectivity index (χ1n) is 5.51. The van der Waals surface area contributed by atoms with Crippen molar-refractivity contribution < 1.29 is 4.39 Å². The Hall–Kier alpha value is -1.08. The number of thioether (sulfide) groups is 1. The first-order valence-corrected chi connectivity index (χ1v) is 6.80. The Bertz CT molecular complexity index is 389. The van der Waals surface area contributed by atoms with Crippen LogP contribution in [0.25, 0.3) is 0 Å². The number of hydrazine groups is 1. The summed E-state index contributed by atoms with van der Waals surface area (Å²) < 4.78 is 13.5. The molecular weight excluding hydrogens is 241 g/mol. The van der Waals surface area contributed by atoms with E-state index in [9.17, 15) is 4.39 Å². The number of halogens is 1. The fraction of sp³-hybridized carbons (Fsp3) is 0.600. The molecule has 0 aromatic carbocycles. The second-order valence-corrected chi connectivity index (χ2v) is 5.18. The van der Waals surface area contributed by atoms with Crippen LogP contribution < -0.4 is 16.6 Å². The van der Waals surface area contributed by atoms with Crippen molar-refractivity contribution >= 4 is 23.5 Å². The summed E-state index contributed by atoms with van der Waals surface area (Å²) >= 11 is 1.86. The minimum absolute atomic E-state index is 0.216. The zero-order valence-corrected chi connectivity index (χ0v) is 10.4. The van der Waals surface area contributed by atoms with Gasteiger partial charge in [0, 0.05) is 11.3 Å². The standard InChI is InChI=1S/C10H16FN5S/c1-17-7-3-2-6(4-7)14-9-8(11)5-13-10(15-9)16-12/h5-7H,2-4,12H2,1H3,(H2,13,14,15,16). The van der Waals surface area contributed by atoms with Crippen molar-refractivity contribution in [1.82, 2.24) is 9.97 Å². The van der Waals surface area contributed by atoms with Gasteiger partial charge in [0.25, 0.3) is 0 Å². The molecule has 4 N–H and O–H groups in total. The molecular formula is C10H16FN5S. The highest BCUT2D eigenvalue weighted by Gasteiger charge is 2.24. The van der Waals surface area contributed by atoms with Gasteiger partial charge in [-0.3, -0.25) is 5.43 Å². The van der Waals surface area contributed by atoms with Gasteiger partial charge in [0.05, 0.1) is 6.20 Å². The van der Waals surface area contributed by atoms with Gasteiger partial charge in [-0.1, -0.05) is 0 Å². The quantitative estimate of drug-likeness (QED) is 0.562. The molecule has 1 aromatic heterocycles. The van der Waals surface area contributed by atoms with E-state index < -0.39 is 5.82 Å². The van der Waals surface area contributed by atoms with Gasteiger partial charge in [-0.25, -0.2) is 15.2 Å². The van der Waals surface area contributed by atoms with Gasteiger partial charge in [0.15, 0.2) is 11.6 Å². The molecule has 1 fully saturated rings. The smallest absolute Gasteiger partial charge is 0.239 e. The molecule has 0 amide bonds. The first-order chi connectivity index (χ1) is 8.22. The van der Waals surface area contributed by atoms with Crippen molar-refractivity contribution in [3.05, 3.63) is 12.0 Å². The predicted octanol–water partition coefficient (Wildman–Crippen LogP) is 1.60. The average Bonchev–Trinajstić information content (AvgIpc) is 2.80. The molecule has 1 heterocycles. The molecule has 0 spiro atoms. The lowest BCUT2D eigenvalue weighted by Crippen LogP contribution is -2.19. The molecule has 0 radical (unpaired) electrons. The normalized spacial score (nSPS) is 23.7. The molecule has 0 saturated heterocycles. The summed E-state index contributed by atoms with van der Waals surface area (Å²) in [6.45, 7) is 0. The van der Waals surface area contributed by atoms with E-state index in [2.05, 4.69) is 27.0 Å². The molecule has 2 unspecified atom stereocenters. The maximum absolute atomic E-state index is 13.5. The van der Waals surface area contributed by atoms with Crippen LogP contribution in [0.1, 0.15) is 19.3 Å². The van der Waals surface area contributed by atoms with Crippen LogP contribution in [0.2, 0.25) is 0 Å². The predicted molar refractivity (Wildman–Crippen MR) is 68.4 cm³/mol. The van der Waals surface area contributed by atoms with E-state index in [0.29, 0.717) is 5.25 Å². The highest BCUT2D eigenvalue weighted by Crippen LogP contribution is 2.30. The van der Waals surface area contributed by atoms with Crippen LogP contribution in [0.15, 0.2) is 6.20 Å². The van der Waals surface area contributed by atoms with Gasteiger partial charge in [-0.2, -0.15) is 16.7 Å². The van der Waals surface area contributed by atoms with Crippen LogP contribution in [-0.4, -0.2) is 27.5 Å². The van der Waals surface area contributed by atoms with E-state index in [-0.39, 0.29) is 17.8 Å². The number of rotatable bonds is 4. The van der Waals surface area contributed by atoms with Crippen LogP contribution in [0.4, 0.5) is 16.2 Å². The number of aromatic nitrogens is 2. The molecule has 2 rings (SSSR count). The molecule has 1 aliphatic rings. The van der Waals surface area contributed by atoms with Crippen LogP contribution >= 0.6 is 11.8 Å². The fourth-order valence-corrected chi connectivity index (χ4v) is 2.81. The average molecular weight is 257 g/mol. The van der Waals surface area contributed by atoms with E-state index in [0.717, 1.165) is 25.5 Å². The molecule has 1 aromatic rings. The van der Waals surface area contributed by atoms with Crippen LogP contribution in [-0.2, 0) is 0 Å². The van der Waals surface area contributed by atoms with Gasteiger partial charge in [-0.15, -0.1) is 0 Å². The van der Waals surface area contributed by atoms with Crippen molar-refractivity contribution in [3.63, 3.8) is 0 Å². The summed E-state index contributed by atoms with van der Waals surface area (Å²) in [7, 11) is 0. The molecule has 7 heteroatoms. The third kappa shape index (κ3) is 2.98. The summed E-state index contributed by atoms with van der Waals surface area (Å²) in [6.07, 6.45) is 6.46. The number of hydrogen-bond acceptors (Lipinski definition) is 6. The van der Waals surface area contributed by atoms with Crippen LogP contribution in [0, 0.1) is 5.82 Å². The summed E-state index contributed by atoms with van der Waals surface area (Å²) in [5, 5.41) is 3.77. The number of hydrogen-bond donors (Lipinski definition) is 3. The lowest BCUT2D eigenvalue weighted by Gasteiger charge is -2.14. The molecule has 0 aliphatic heterocycles.